The minimum atomic E-state index is -0.114. The van der Waals surface area contributed by atoms with Gasteiger partial charge in [-0.25, -0.2) is 0 Å². The van der Waals surface area contributed by atoms with E-state index < -0.39 is 0 Å². The van der Waals surface area contributed by atoms with Crippen molar-refractivity contribution in [3.63, 3.8) is 0 Å². The van der Waals surface area contributed by atoms with Crippen LogP contribution in [0.4, 0.5) is 5.69 Å². The van der Waals surface area contributed by atoms with Crippen LogP contribution in [0.25, 0.3) is 0 Å². The molecule has 0 spiro atoms. The first-order valence-electron chi connectivity index (χ1n) is 8.10. The number of nitrogens with zero attached hydrogens (tertiary/aromatic N) is 1. The number of hydrogen-bond donors (Lipinski definition) is 0. The standard InChI is InChI=1S/C21H18NOS2/c1-15(23)22(2)16-11-13-17(14-12-16)25-20-9-5-3-7-18(20)24-19-8-4-6-10-21(19)25/h3-14H,1-2H3/q+1. The average molecular weight is 365 g/mol. The van der Waals surface area contributed by atoms with Crippen molar-refractivity contribution in [3.05, 3.63) is 72.8 Å². The third-order valence-electron chi connectivity index (χ3n) is 4.29. The Morgan fingerprint density at radius 1 is 0.840 bits per heavy atom. The summed E-state index contributed by atoms with van der Waals surface area (Å²) in [5.74, 6) is 0.0416. The van der Waals surface area contributed by atoms with E-state index in [4.69, 9.17) is 0 Å². The molecule has 0 fully saturated rings. The second-order valence-corrected chi connectivity index (χ2v) is 8.92. The van der Waals surface area contributed by atoms with E-state index in [0.29, 0.717) is 0 Å². The molecule has 0 aliphatic carbocycles. The smallest absolute Gasteiger partial charge is 0.223 e. The van der Waals surface area contributed by atoms with Gasteiger partial charge in [0.25, 0.3) is 0 Å². The van der Waals surface area contributed by atoms with Crippen LogP contribution < -0.4 is 4.90 Å². The zero-order chi connectivity index (χ0) is 17.4. The number of rotatable bonds is 2. The Labute approximate surface area is 155 Å². The highest BCUT2D eigenvalue weighted by molar-refractivity contribution is 8.04. The van der Waals surface area contributed by atoms with Crippen molar-refractivity contribution in [2.75, 3.05) is 11.9 Å². The summed E-state index contributed by atoms with van der Waals surface area (Å²) in [7, 11) is 1.69. The first-order valence-corrected chi connectivity index (χ1v) is 10.1. The number of fused-ring (bicyclic) bond motifs is 2. The molecule has 3 aromatic carbocycles. The first kappa shape index (κ1) is 16.3. The second kappa shape index (κ2) is 6.62. The predicted molar refractivity (Wildman–Crippen MR) is 105 cm³/mol. The van der Waals surface area contributed by atoms with Gasteiger partial charge in [0.05, 0.1) is 9.79 Å². The van der Waals surface area contributed by atoms with Gasteiger partial charge in [-0.1, -0.05) is 36.0 Å². The van der Waals surface area contributed by atoms with Gasteiger partial charge in [0.1, 0.15) is 10.9 Å². The molecular formula is C21H18NOS2+. The molecule has 2 nitrogen and oxygen atoms in total. The van der Waals surface area contributed by atoms with Crippen molar-refractivity contribution >= 4 is 34.3 Å². The number of hydrogen-bond acceptors (Lipinski definition) is 2. The highest BCUT2D eigenvalue weighted by Crippen LogP contribution is 2.48. The molecule has 1 amide bonds. The summed E-state index contributed by atoms with van der Waals surface area (Å²) in [4.78, 5) is 19.9. The fraction of sp³-hybridized carbons (Fsp3) is 0.0952. The number of carbonyl (C=O) groups excluding carboxylic acids is 1. The average Bonchev–Trinajstić information content (AvgIpc) is 2.65. The summed E-state index contributed by atoms with van der Waals surface area (Å²) >= 11 is 1.85. The second-order valence-electron chi connectivity index (χ2n) is 5.87. The molecule has 0 saturated heterocycles. The number of amides is 1. The lowest BCUT2D eigenvalue weighted by Gasteiger charge is -2.19. The van der Waals surface area contributed by atoms with Crippen molar-refractivity contribution in [3.8, 4) is 0 Å². The fourth-order valence-electron chi connectivity index (χ4n) is 2.88. The summed E-state index contributed by atoms with van der Waals surface area (Å²) in [5, 5.41) is 0. The molecule has 0 radical (unpaired) electrons. The maximum atomic E-state index is 11.6. The monoisotopic (exact) mass is 364 g/mol. The molecule has 25 heavy (non-hydrogen) atoms. The molecule has 0 aromatic heterocycles. The van der Waals surface area contributed by atoms with Gasteiger partial charge < -0.3 is 4.90 Å². The number of anilines is 1. The Morgan fingerprint density at radius 3 is 1.88 bits per heavy atom. The van der Waals surface area contributed by atoms with Crippen LogP contribution in [0.15, 0.2) is 97.3 Å². The van der Waals surface area contributed by atoms with Crippen molar-refractivity contribution < 1.29 is 4.79 Å². The zero-order valence-electron chi connectivity index (χ0n) is 14.1. The Kier molecular flexibility index (Phi) is 4.32. The molecule has 0 unspecified atom stereocenters. The Bertz CT molecular complexity index is 891. The molecule has 4 heteroatoms. The summed E-state index contributed by atoms with van der Waals surface area (Å²) in [6.07, 6.45) is 0. The summed E-state index contributed by atoms with van der Waals surface area (Å²) in [5.41, 5.74) is 0.924. The van der Waals surface area contributed by atoms with Crippen molar-refractivity contribution in [2.24, 2.45) is 0 Å². The van der Waals surface area contributed by atoms with Crippen LogP contribution in [-0.4, -0.2) is 13.0 Å². The molecule has 124 valence electrons. The van der Waals surface area contributed by atoms with Gasteiger partial charge >= 0.3 is 0 Å². The molecule has 1 aliphatic heterocycles. The highest BCUT2D eigenvalue weighted by Gasteiger charge is 2.37. The van der Waals surface area contributed by atoms with E-state index in [0.717, 1.165) is 5.69 Å². The molecule has 3 aromatic rings. The van der Waals surface area contributed by atoms with Gasteiger partial charge in [-0.3, -0.25) is 4.79 Å². The fourth-order valence-corrected chi connectivity index (χ4v) is 6.62. The van der Waals surface area contributed by atoms with Crippen LogP contribution in [0.1, 0.15) is 6.92 Å². The van der Waals surface area contributed by atoms with Crippen LogP contribution >= 0.6 is 11.8 Å². The maximum absolute atomic E-state index is 11.6. The lowest BCUT2D eigenvalue weighted by molar-refractivity contribution is -0.116. The van der Waals surface area contributed by atoms with E-state index in [1.165, 1.54) is 24.5 Å². The van der Waals surface area contributed by atoms with Crippen LogP contribution in [0.5, 0.6) is 0 Å². The van der Waals surface area contributed by atoms with Gasteiger partial charge in [0, 0.05) is 19.7 Å². The van der Waals surface area contributed by atoms with E-state index in [1.54, 1.807) is 11.8 Å². The number of benzene rings is 3. The van der Waals surface area contributed by atoms with E-state index in [-0.39, 0.29) is 16.8 Å². The minimum absolute atomic E-state index is 0.0416. The molecule has 0 atom stereocenters. The van der Waals surface area contributed by atoms with E-state index in [9.17, 15) is 4.79 Å². The quantitative estimate of drug-likeness (QED) is 0.454. The Hall–Kier alpha value is -2.17. The predicted octanol–water partition coefficient (Wildman–Crippen LogP) is 5.23. The van der Waals surface area contributed by atoms with Gasteiger partial charge in [-0.2, -0.15) is 0 Å². The van der Waals surface area contributed by atoms with E-state index in [2.05, 4.69) is 60.7 Å². The van der Waals surface area contributed by atoms with Crippen LogP contribution in [0.3, 0.4) is 0 Å². The summed E-state index contributed by atoms with van der Waals surface area (Å²) < 4.78 is 0. The SMILES string of the molecule is CC(=O)N(C)c1ccc([S+]2c3ccccc3Sc3ccccc32)cc1. The largest absolute Gasteiger partial charge is 0.316 e. The van der Waals surface area contributed by atoms with E-state index in [1.807, 2.05) is 30.9 Å². The third-order valence-corrected chi connectivity index (χ3v) is 8.04. The molecule has 0 bridgehead atoms. The lowest BCUT2D eigenvalue weighted by Crippen LogP contribution is -2.22. The van der Waals surface area contributed by atoms with Crippen LogP contribution in [0, 0.1) is 0 Å². The van der Waals surface area contributed by atoms with Crippen molar-refractivity contribution in [1.29, 1.82) is 0 Å². The lowest BCUT2D eigenvalue weighted by atomic mass is 10.3. The number of carbonyl (C=O) groups is 1. The Balaban J connectivity index is 1.81. The Morgan fingerprint density at radius 2 is 1.36 bits per heavy atom. The molecular weight excluding hydrogens is 346 g/mol. The maximum Gasteiger partial charge on any atom is 0.223 e. The minimum Gasteiger partial charge on any atom is -0.316 e. The molecule has 1 aliphatic rings. The van der Waals surface area contributed by atoms with Crippen LogP contribution in [-0.2, 0) is 15.7 Å². The normalized spacial score (nSPS) is 13.0. The first-order chi connectivity index (χ1) is 12.1. The topological polar surface area (TPSA) is 20.3 Å². The molecule has 1 heterocycles. The van der Waals surface area contributed by atoms with Crippen molar-refractivity contribution in [2.45, 2.75) is 31.4 Å². The summed E-state index contributed by atoms with van der Waals surface area (Å²) in [6, 6.07) is 25.7. The molecule has 0 saturated carbocycles. The zero-order valence-corrected chi connectivity index (χ0v) is 15.7. The van der Waals surface area contributed by atoms with Crippen LogP contribution in [0.2, 0.25) is 0 Å². The third kappa shape index (κ3) is 2.96. The van der Waals surface area contributed by atoms with Gasteiger partial charge in [0.15, 0.2) is 14.7 Å². The van der Waals surface area contributed by atoms with Gasteiger partial charge in [-0.05, 0) is 48.5 Å². The van der Waals surface area contributed by atoms with Crippen molar-refractivity contribution in [1.82, 2.24) is 0 Å². The van der Waals surface area contributed by atoms with Gasteiger partial charge in [-0.15, -0.1) is 0 Å². The van der Waals surface area contributed by atoms with Gasteiger partial charge in [0.2, 0.25) is 5.91 Å². The molecule has 4 rings (SSSR count). The summed E-state index contributed by atoms with van der Waals surface area (Å²) in [6.45, 7) is 1.58. The highest BCUT2D eigenvalue weighted by atomic mass is 32.2. The van der Waals surface area contributed by atoms with E-state index >= 15 is 0 Å². The molecule has 0 N–H and O–H groups in total.